The molecular formula is C15H16N4OS. The van der Waals surface area contributed by atoms with E-state index in [4.69, 9.17) is 0 Å². The molecule has 0 aliphatic carbocycles. The highest BCUT2D eigenvalue weighted by molar-refractivity contribution is 7.16. The van der Waals surface area contributed by atoms with Crippen molar-refractivity contribution in [2.75, 3.05) is 11.9 Å². The number of fused-ring (bicyclic) bond motifs is 1. The standard InChI is InChI=1S/C15H16N4OS/c1-2-6-16-13-11(4-3-7-17-13)9-19-10-18-14-12(15(19)20)5-8-21-14/h3-5,7-8,10H,2,6,9H2,1H3,(H,16,17). The number of pyridine rings is 1. The second-order valence-corrected chi connectivity index (χ2v) is 5.65. The highest BCUT2D eigenvalue weighted by Crippen LogP contribution is 2.15. The summed E-state index contributed by atoms with van der Waals surface area (Å²) in [7, 11) is 0. The average Bonchev–Trinajstić information content (AvgIpc) is 2.98. The van der Waals surface area contributed by atoms with Crippen molar-refractivity contribution in [3.63, 3.8) is 0 Å². The molecule has 0 aromatic carbocycles. The Bertz CT molecular complexity index is 809. The number of aromatic nitrogens is 3. The van der Waals surface area contributed by atoms with E-state index in [1.165, 1.54) is 11.3 Å². The molecule has 0 spiro atoms. The summed E-state index contributed by atoms with van der Waals surface area (Å²) in [5, 5.41) is 5.86. The Hall–Kier alpha value is -2.21. The highest BCUT2D eigenvalue weighted by Gasteiger charge is 2.08. The molecule has 0 amide bonds. The van der Waals surface area contributed by atoms with Crippen LogP contribution in [0.15, 0.2) is 40.9 Å². The molecule has 0 saturated heterocycles. The lowest BCUT2D eigenvalue weighted by Gasteiger charge is -2.11. The van der Waals surface area contributed by atoms with Crippen LogP contribution in [0.25, 0.3) is 10.2 Å². The van der Waals surface area contributed by atoms with Crippen LogP contribution in [-0.4, -0.2) is 21.1 Å². The fourth-order valence-electron chi connectivity index (χ4n) is 2.16. The summed E-state index contributed by atoms with van der Waals surface area (Å²) in [5.74, 6) is 0.830. The summed E-state index contributed by atoms with van der Waals surface area (Å²) in [6.07, 6.45) is 4.39. The van der Waals surface area contributed by atoms with E-state index in [2.05, 4.69) is 22.2 Å². The van der Waals surface area contributed by atoms with Gasteiger partial charge in [-0.15, -0.1) is 11.3 Å². The number of anilines is 1. The van der Waals surface area contributed by atoms with Crippen molar-refractivity contribution in [3.8, 4) is 0 Å². The molecule has 0 unspecified atom stereocenters. The Morgan fingerprint density at radius 1 is 1.33 bits per heavy atom. The van der Waals surface area contributed by atoms with Gasteiger partial charge < -0.3 is 5.32 Å². The SMILES string of the molecule is CCCNc1ncccc1Cn1cnc2sccc2c1=O. The lowest BCUT2D eigenvalue weighted by molar-refractivity contribution is 0.746. The number of rotatable bonds is 5. The van der Waals surface area contributed by atoms with E-state index in [0.717, 1.165) is 29.2 Å². The van der Waals surface area contributed by atoms with Crippen molar-refractivity contribution < 1.29 is 0 Å². The first kappa shape index (κ1) is 13.8. The summed E-state index contributed by atoms with van der Waals surface area (Å²) in [5.41, 5.74) is 0.982. The monoisotopic (exact) mass is 300 g/mol. The largest absolute Gasteiger partial charge is 0.370 e. The molecule has 0 fully saturated rings. The molecule has 0 saturated carbocycles. The third-order valence-corrected chi connectivity index (χ3v) is 4.05. The quantitative estimate of drug-likeness (QED) is 0.787. The molecule has 21 heavy (non-hydrogen) atoms. The smallest absolute Gasteiger partial charge is 0.262 e. The Morgan fingerprint density at radius 3 is 3.10 bits per heavy atom. The zero-order valence-electron chi connectivity index (χ0n) is 11.7. The van der Waals surface area contributed by atoms with E-state index >= 15 is 0 Å². The van der Waals surface area contributed by atoms with Crippen LogP contribution < -0.4 is 10.9 Å². The third-order valence-electron chi connectivity index (χ3n) is 3.22. The number of hydrogen-bond acceptors (Lipinski definition) is 5. The number of nitrogens with one attached hydrogen (secondary N) is 1. The average molecular weight is 300 g/mol. The number of thiophene rings is 1. The second-order valence-electron chi connectivity index (χ2n) is 4.75. The van der Waals surface area contributed by atoms with Crippen molar-refractivity contribution in [1.29, 1.82) is 0 Å². The van der Waals surface area contributed by atoms with Gasteiger partial charge >= 0.3 is 0 Å². The van der Waals surface area contributed by atoms with Gasteiger partial charge in [0.05, 0.1) is 18.3 Å². The minimum atomic E-state index is -0.00783. The second kappa shape index (κ2) is 6.05. The fraction of sp³-hybridized carbons (Fsp3) is 0.267. The Balaban J connectivity index is 1.95. The molecule has 108 valence electrons. The predicted octanol–water partition coefficient (Wildman–Crippen LogP) is 2.72. The molecule has 3 rings (SSSR count). The normalized spacial score (nSPS) is 10.9. The van der Waals surface area contributed by atoms with Gasteiger partial charge in [0.15, 0.2) is 0 Å². The summed E-state index contributed by atoms with van der Waals surface area (Å²) in [6, 6.07) is 5.69. The molecule has 3 aromatic rings. The lowest BCUT2D eigenvalue weighted by atomic mass is 10.2. The van der Waals surface area contributed by atoms with Crippen molar-refractivity contribution in [2.24, 2.45) is 0 Å². The topological polar surface area (TPSA) is 59.8 Å². The van der Waals surface area contributed by atoms with Crippen LogP contribution in [-0.2, 0) is 6.54 Å². The molecule has 0 aliphatic heterocycles. The van der Waals surface area contributed by atoms with Crippen molar-refractivity contribution in [3.05, 3.63) is 52.0 Å². The zero-order valence-corrected chi connectivity index (χ0v) is 12.6. The van der Waals surface area contributed by atoms with Gasteiger partial charge in [-0.3, -0.25) is 9.36 Å². The molecule has 3 aromatic heterocycles. The Labute approximate surface area is 126 Å². The predicted molar refractivity (Wildman–Crippen MR) is 86.0 cm³/mol. The molecule has 0 radical (unpaired) electrons. The Kier molecular flexibility index (Phi) is 3.96. The molecular weight excluding hydrogens is 284 g/mol. The molecule has 3 heterocycles. The minimum absolute atomic E-state index is 0.00783. The van der Waals surface area contributed by atoms with Crippen molar-refractivity contribution in [2.45, 2.75) is 19.9 Å². The van der Waals surface area contributed by atoms with Gasteiger partial charge in [-0.05, 0) is 23.9 Å². The fourth-order valence-corrected chi connectivity index (χ4v) is 2.88. The highest BCUT2D eigenvalue weighted by atomic mass is 32.1. The molecule has 6 heteroatoms. The molecule has 5 nitrogen and oxygen atoms in total. The third kappa shape index (κ3) is 2.80. The van der Waals surface area contributed by atoms with Crippen LogP contribution in [0.4, 0.5) is 5.82 Å². The zero-order chi connectivity index (χ0) is 14.7. The van der Waals surface area contributed by atoms with Crippen LogP contribution in [0.1, 0.15) is 18.9 Å². The maximum Gasteiger partial charge on any atom is 0.262 e. The molecule has 0 bridgehead atoms. The maximum atomic E-state index is 12.4. The van der Waals surface area contributed by atoms with Gasteiger partial charge in [-0.2, -0.15) is 0 Å². The summed E-state index contributed by atoms with van der Waals surface area (Å²) in [6.45, 7) is 3.44. The number of hydrogen-bond donors (Lipinski definition) is 1. The van der Waals surface area contributed by atoms with E-state index in [1.807, 2.05) is 23.6 Å². The van der Waals surface area contributed by atoms with Gasteiger partial charge in [-0.1, -0.05) is 13.0 Å². The van der Waals surface area contributed by atoms with Crippen LogP contribution in [0.2, 0.25) is 0 Å². The Morgan fingerprint density at radius 2 is 2.24 bits per heavy atom. The van der Waals surface area contributed by atoms with E-state index in [-0.39, 0.29) is 5.56 Å². The van der Waals surface area contributed by atoms with Gasteiger partial charge in [0.1, 0.15) is 10.6 Å². The lowest BCUT2D eigenvalue weighted by Crippen LogP contribution is -2.21. The van der Waals surface area contributed by atoms with Gasteiger partial charge in [0.25, 0.3) is 5.56 Å². The van der Waals surface area contributed by atoms with Crippen molar-refractivity contribution in [1.82, 2.24) is 14.5 Å². The van der Waals surface area contributed by atoms with Crippen LogP contribution in [0, 0.1) is 0 Å². The van der Waals surface area contributed by atoms with E-state index in [1.54, 1.807) is 17.1 Å². The van der Waals surface area contributed by atoms with Gasteiger partial charge in [0.2, 0.25) is 0 Å². The first-order valence-corrected chi connectivity index (χ1v) is 7.78. The van der Waals surface area contributed by atoms with Crippen molar-refractivity contribution >= 4 is 27.4 Å². The summed E-state index contributed by atoms with van der Waals surface area (Å²) < 4.78 is 1.63. The van der Waals surface area contributed by atoms with E-state index in [9.17, 15) is 4.79 Å². The summed E-state index contributed by atoms with van der Waals surface area (Å²) in [4.78, 5) is 21.9. The molecule has 1 N–H and O–H groups in total. The number of nitrogens with zero attached hydrogens (tertiary/aromatic N) is 3. The molecule has 0 aliphatic rings. The first-order chi connectivity index (χ1) is 10.3. The first-order valence-electron chi connectivity index (χ1n) is 6.90. The minimum Gasteiger partial charge on any atom is -0.370 e. The summed E-state index contributed by atoms with van der Waals surface area (Å²) >= 11 is 1.48. The van der Waals surface area contributed by atoms with E-state index < -0.39 is 0 Å². The van der Waals surface area contributed by atoms with Gasteiger partial charge in [-0.25, -0.2) is 9.97 Å². The van der Waals surface area contributed by atoms with Gasteiger partial charge in [0, 0.05) is 18.3 Å². The van der Waals surface area contributed by atoms with E-state index in [0.29, 0.717) is 11.9 Å². The van der Waals surface area contributed by atoms with Crippen LogP contribution >= 0.6 is 11.3 Å². The maximum absolute atomic E-state index is 12.4. The molecule has 0 atom stereocenters. The van der Waals surface area contributed by atoms with Crippen LogP contribution in [0.3, 0.4) is 0 Å². The van der Waals surface area contributed by atoms with Crippen LogP contribution in [0.5, 0.6) is 0 Å².